The molecule has 6 heteroatoms. The highest BCUT2D eigenvalue weighted by Gasteiger charge is 2.42. The molecule has 0 aliphatic carbocycles. The van der Waals surface area contributed by atoms with Gasteiger partial charge in [0.25, 0.3) is 0 Å². The molecule has 0 N–H and O–H groups in total. The molecular weight excluding hydrogens is 368 g/mol. The van der Waals surface area contributed by atoms with Crippen molar-refractivity contribution in [3.63, 3.8) is 0 Å². The van der Waals surface area contributed by atoms with Gasteiger partial charge in [-0.1, -0.05) is 18.2 Å². The fourth-order valence-corrected chi connectivity index (χ4v) is 4.10. The third-order valence-electron chi connectivity index (χ3n) is 5.78. The van der Waals surface area contributed by atoms with E-state index in [1.165, 1.54) is 0 Å². The number of likely N-dealkylation sites (tertiary alicyclic amines) is 1. The summed E-state index contributed by atoms with van der Waals surface area (Å²) in [7, 11) is 2.08. The Balaban J connectivity index is 1.61. The molecule has 2 aromatic carbocycles. The molecule has 1 saturated heterocycles. The Morgan fingerprint density at radius 2 is 1.79 bits per heavy atom. The molecular formula is C23H22N2O4. The van der Waals surface area contributed by atoms with Crippen LogP contribution in [0, 0.1) is 0 Å². The van der Waals surface area contributed by atoms with E-state index in [4.69, 9.17) is 19.2 Å². The monoisotopic (exact) mass is 390 g/mol. The Morgan fingerprint density at radius 1 is 1.07 bits per heavy atom. The van der Waals surface area contributed by atoms with E-state index >= 15 is 0 Å². The van der Waals surface area contributed by atoms with E-state index in [1.54, 1.807) is 18.3 Å². The summed E-state index contributed by atoms with van der Waals surface area (Å²) < 4.78 is 17.3. The molecule has 1 aromatic heterocycles. The van der Waals surface area contributed by atoms with Gasteiger partial charge in [-0.15, -0.1) is 0 Å². The molecule has 2 aliphatic rings. The lowest BCUT2D eigenvalue weighted by Gasteiger charge is -2.40. The van der Waals surface area contributed by atoms with Crippen LogP contribution in [-0.2, 0) is 10.3 Å². The van der Waals surface area contributed by atoms with Crippen molar-refractivity contribution in [2.24, 2.45) is 0 Å². The van der Waals surface area contributed by atoms with Gasteiger partial charge in [-0.2, -0.15) is 0 Å². The van der Waals surface area contributed by atoms with Gasteiger partial charge in [0.05, 0.1) is 11.3 Å². The summed E-state index contributed by atoms with van der Waals surface area (Å²) in [6.45, 7) is 1.86. The molecule has 29 heavy (non-hydrogen) atoms. The second-order valence-corrected chi connectivity index (χ2v) is 7.64. The largest absolute Gasteiger partial charge is 0.454 e. The number of ether oxygens (including phenoxy) is 3. The van der Waals surface area contributed by atoms with Gasteiger partial charge in [0, 0.05) is 37.5 Å². The summed E-state index contributed by atoms with van der Waals surface area (Å²) in [6.07, 6.45) is 3.14. The summed E-state index contributed by atoms with van der Waals surface area (Å²) in [4.78, 5) is 19.9. The maximum atomic E-state index is 13.0. The Labute approximate surface area is 169 Å². The molecule has 0 bridgehead atoms. The highest BCUT2D eigenvalue weighted by molar-refractivity contribution is 5.91. The quantitative estimate of drug-likeness (QED) is 0.635. The summed E-state index contributed by atoms with van der Waals surface area (Å²) in [5, 5.41) is 1.93. The fourth-order valence-electron chi connectivity index (χ4n) is 4.10. The van der Waals surface area contributed by atoms with Crippen LogP contribution in [0.15, 0.2) is 54.7 Å². The molecule has 0 radical (unpaired) electrons. The molecule has 3 aromatic rings. The molecule has 0 unspecified atom stereocenters. The molecule has 6 nitrogen and oxygen atoms in total. The Hall–Kier alpha value is -3.12. The molecule has 0 atom stereocenters. The first-order chi connectivity index (χ1) is 14.1. The zero-order valence-electron chi connectivity index (χ0n) is 16.3. The van der Waals surface area contributed by atoms with Gasteiger partial charge in [0.15, 0.2) is 17.1 Å². The van der Waals surface area contributed by atoms with Crippen molar-refractivity contribution in [2.75, 3.05) is 26.9 Å². The van der Waals surface area contributed by atoms with Crippen LogP contribution < -0.4 is 9.47 Å². The van der Waals surface area contributed by atoms with Crippen molar-refractivity contribution in [1.82, 2.24) is 9.88 Å². The SMILES string of the molecule is CN1CCC(OC(=O)c2ccccc2)(c2nccc3cc4c(cc23)OCO4)CC1. The summed E-state index contributed by atoms with van der Waals surface area (Å²) in [5.74, 6) is 1.10. The number of piperidine rings is 1. The minimum Gasteiger partial charge on any atom is -0.454 e. The number of fused-ring (bicyclic) bond motifs is 2. The van der Waals surface area contributed by atoms with E-state index < -0.39 is 5.60 Å². The number of aromatic nitrogens is 1. The van der Waals surface area contributed by atoms with E-state index in [-0.39, 0.29) is 12.8 Å². The van der Waals surface area contributed by atoms with Gasteiger partial charge < -0.3 is 19.1 Å². The molecule has 0 spiro atoms. The van der Waals surface area contributed by atoms with Crippen LogP contribution in [0.2, 0.25) is 0 Å². The number of esters is 1. The predicted molar refractivity (Wildman–Crippen MR) is 108 cm³/mol. The second-order valence-electron chi connectivity index (χ2n) is 7.64. The topological polar surface area (TPSA) is 60.9 Å². The second kappa shape index (κ2) is 7.04. The average Bonchev–Trinajstić information content (AvgIpc) is 3.21. The standard InChI is InChI=1S/C23H22N2O4/c1-25-11-8-23(9-12-25,29-22(26)16-5-3-2-4-6-16)21-18-14-20-19(27-15-28-20)13-17(18)7-10-24-21/h2-7,10,13-14H,8-9,11-12,15H2,1H3. The van der Waals surface area contributed by atoms with E-state index in [2.05, 4.69) is 11.9 Å². The Morgan fingerprint density at radius 3 is 2.55 bits per heavy atom. The van der Waals surface area contributed by atoms with E-state index in [0.717, 1.165) is 35.3 Å². The molecule has 5 rings (SSSR count). The first-order valence-electron chi connectivity index (χ1n) is 9.80. The van der Waals surface area contributed by atoms with Gasteiger partial charge in [-0.25, -0.2) is 4.79 Å². The molecule has 148 valence electrons. The third kappa shape index (κ3) is 3.19. The number of hydrogen-bond acceptors (Lipinski definition) is 6. The number of carbonyl (C=O) groups excluding carboxylic acids is 1. The average molecular weight is 390 g/mol. The van der Waals surface area contributed by atoms with Crippen molar-refractivity contribution in [3.8, 4) is 11.5 Å². The van der Waals surface area contributed by atoms with Gasteiger partial charge in [-0.3, -0.25) is 4.98 Å². The summed E-state index contributed by atoms with van der Waals surface area (Å²) >= 11 is 0. The maximum Gasteiger partial charge on any atom is 0.339 e. The first-order valence-corrected chi connectivity index (χ1v) is 9.80. The summed E-state index contributed by atoms with van der Waals surface area (Å²) in [5.41, 5.74) is 0.543. The number of nitrogens with zero attached hydrogens (tertiary/aromatic N) is 2. The van der Waals surface area contributed by atoms with Crippen LogP contribution in [0.4, 0.5) is 0 Å². The van der Waals surface area contributed by atoms with Crippen LogP contribution in [0.3, 0.4) is 0 Å². The highest BCUT2D eigenvalue weighted by Crippen LogP contribution is 2.43. The van der Waals surface area contributed by atoms with Crippen LogP contribution in [0.1, 0.15) is 28.9 Å². The normalized spacial score (nSPS) is 18.0. The van der Waals surface area contributed by atoms with Crippen LogP contribution >= 0.6 is 0 Å². The number of carbonyl (C=O) groups is 1. The zero-order valence-corrected chi connectivity index (χ0v) is 16.3. The van der Waals surface area contributed by atoms with Crippen LogP contribution in [-0.4, -0.2) is 42.8 Å². The number of rotatable bonds is 3. The van der Waals surface area contributed by atoms with Crippen molar-refractivity contribution < 1.29 is 19.0 Å². The number of hydrogen-bond donors (Lipinski definition) is 0. The molecule has 3 heterocycles. The van der Waals surface area contributed by atoms with Gasteiger partial charge in [0.1, 0.15) is 0 Å². The van der Waals surface area contributed by atoms with Crippen molar-refractivity contribution in [2.45, 2.75) is 18.4 Å². The van der Waals surface area contributed by atoms with Crippen molar-refractivity contribution in [3.05, 3.63) is 66.0 Å². The lowest BCUT2D eigenvalue weighted by molar-refractivity contribution is -0.0538. The minimum atomic E-state index is -0.785. The molecule has 2 aliphatic heterocycles. The van der Waals surface area contributed by atoms with E-state index in [0.29, 0.717) is 24.2 Å². The van der Waals surface area contributed by atoms with Gasteiger partial charge >= 0.3 is 5.97 Å². The fraction of sp³-hybridized carbons (Fsp3) is 0.304. The van der Waals surface area contributed by atoms with Gasteiger partial charge in [-0.05, 0) is 42.8 Å². The third-order valence-corrected chi connectivity index (χ3v) is 5.78. The molecule has 1 fully saturated rings. The molecule has 0 amide bonds. The first kappa shape index (κ1) is 17.9. The van der Waals surface area contributed by atoms with E-state index in [1.807, 2.05) is 36.4 Å². The zero-order chi connectivity index (χ0) is 19.8. The van der Waals surface area contributed by atoms with Gasteiger partial charge in [0.2, 0.25) is 6.79 Å². The smallest absolute Gasteiger partial charge is 0.339 e. The Kier molecular flexibility index (Phi) is 4.36. The number of pyridine rings is 1. The minimum absolute atomic E-state index is 0.216. The Bertz CT molecular complexity index is 1060. The van der Waals surface area contributed by atoms with Crippen molar-refractivity contribution >= 4 is 16.7 Å². The molecule has 0 saturated carbocycles. The predicted octanol–water partition coefficient (Wildman–Crippen LogP) is 3.74. The van der Waals surface area contributed by atoms with E-state index in [9.17, 15) is 4.79 Å². The lowest BCUT2D eigenvalue weighted by atomic mass is 9.85. The summed E-state index contributed by atoms with van der Waals surface area (Å²) in [6, 6.07) is 15.0. The maximum absolute atomic E-state index is 13.0. The highest BCUT2D eigenvalue weighted by atomic mass is 16.7. The van der Waals surface area contributed by atoms with Crippen molar-refractivity contribution in [1.29, 1.82) is 0 Å². The van der Waals surface area contributed by atoms with Crippen LogP contribution in [0.25, 0.3) is 10.8 Å². The lowest BCUT2D eigenvalue weighted by Crippen LogP contribution is -2.44. The number of benzene rings is 2. The van der Waals surface area contributed by atoms with Crippen LogP contribution in [0.5, 0.6) is 11.5 Å².